The van der Waals surface area contributed by atoms with Gasteiger partial charge in [-0.05, 0) is 26.8 Å². The van der Waals surface area contributed by atoms with Crippen LogP contribution in [0.15, 0.2) is 11.1 Å². The lowest BCUT2D eigenvalue weighted by Gasteiger charge is -2.12. The van der Waals surface area contributed by atoms with E-state index in [-0.39, 0.29) is 10.1 Å². The Morgan fingerprint density at radius 1 is 1.64 bits per heavy atom. The first-order valence-electron chi connectivity index (χ1n) is 3.37. The summed E-state index contributed by atoms with van der Waals surface area (Å²) < 4.78 is -0.132. The molecule has 0 aliphatic rings. The van der Waals surface area contributed by atoms with Gasteiger partial charge in [0.2, 0.25) is 0 Å². The zero-order valence-corrected chi connectivity index (χ0v) is 9.29. The van der Waals surface area contributed by atoms with Crippen molar-refractivity contribution < 1.29 is 4.79 Å². The first-order chi connectivity index (χ1) is 4.81. The van der Waals surface area contributed by atoms with Gasteiger partial charge >= 0.3 is 0 Å². The van der Waals surface area contributed by atoms with Crippen LogP contribution >= 0.6 is 27.5 Å². The molecule has 0 saturated carbocycles. The van der Waals surface area contributed by atoms with Gasteiger partial charge in [-0.15, -0.1) is 0 Å². The summed E-state index contributed by atoms with van der Waals surface area (Å²) in [7, 11) is 0. The monoisotopic (exact) mass is 238 g/mol. The molecular formula is C8H12BrClO. The molecule has 0 heterocycles. The lowest BCUT2D eigenvalue weighted by atomic mass is 10.1. The predicted molar refractivity (Wildman–Crippen MR) is 52.2 cm³/mol. The number of hydrogen-bond donors (Lipinski definition) is 0. The van der Waals surface area contributed by atoms with E-state index in [1.807, 2.05) is 13.8 Å². The molecule has 0 saturated heterocycles. The van der Waals surface area contributed by atoms with Gasteiger partial charge in [0.1, 0.15) is 0 Å². The fourth-order valence-electron chi connectivity index (χ4n) is 0.687. The molecule has 0 aliphatic heterocycles. The highest BCUT2D eigenvalue weighted by molar-refractivity contribution is 9.10. The Labute approximate surface area is 80.9 Å². The number of carbonyl (C=O) groups is 1. The molecule has 0 atom stereocenters. The highest BCUT2D eigenvalue weighted by Gasteiger charge is 2.16. The lowest BCUT2D eigenvalue weighted by Crippen LogP contribution is -2.14. The van der Waals surface area contributed by atoms with E-state index in [9.17, 15) is 4.79 Å². The van der Waals surface area contributed by atoms with Crippen molar-refractivity contribution in [3.63, 3.8) is 0 Å². The molecule has 0 amide bonds. The topological polar surface area (TPSA) is 17.1 Å². The number of allylic oxidation sites excluding steroid dienone is 2. The highest BCUT2D eigenvalue weighted by atomic mass is 79.9. The number of halogens is 2. The molecule has 0 N–H and O–H groups in total. The molecule has 0 rings (SSSR count). The third-order valence-electron chi connectivity index (χ3n) is 0.954. The van der Waals surface area contributed by atoms with Crippen LogP contribution in [-0.4, -0.2) is 10.1 Å². The first-order valence-corrected chi connectivity index (χ1v) is 4.54. The Morgan fingerprint density at radius 2 is 2.09 bits per heavy atom. The Kier molecular flexibility index (Phi) is 4.34. The minimum absolute atomic E-state index is 0.0550. The molecule has 0 spiro atoms. The maximum atomic E-state index is 11.1. The fraction of sp³-hybridized carbons (Fsp3) is 0.625. The summed E-state index contributed by atoms with van der Waals surface area (Å²) in [6.07, 6.45) is 1.92. The summed E-state index contributed by atoms with van der Waals surface area (Å²) in [4.78, 5) is 11.1. The minimum Gasteiger partial charge on any atom is -0.295 e. The van der Waals surface area contributed by atoms with Crippen LogP contribution in [0.25, 0.3) is 0 Å². The van der Waals surface area contributed by atoms with Crippen molar-refractivity contribution in [3.05, 3.63) is 11.1 Å². The van der Waals surface area contributed by atoms with Crippen molar-refractivity contribution >= 4 is 33.3 Å². The van der Waals surface area contributed by atoms with Crippen LogP contribution in [0.4, 0.5) is 0 Å². The van der Waals surface area contributed by atoms with Gasteiger partial charge in [-0.1, -0.05) is 27.5 Å². The van der Waals surface area contributed by atoms with Crippen molar-refractivity contribution in [1.29, 1.82) is 0 Å². The summed E-state index contributed by atoms with van der Waals surface area (Å²) >= 11 is 8.90. The molecule has 11 heavy (non-hydrogen) atoms. The maximum absolute atomic E-state index is 11.1. The van der Waals surface area contributed by atoms with Crippen molar-refractivity contribution in [1.82, 2.24) is 0 Å². The van der Waals surface area contributed by atoms with Crippen molar-refractivity contribution in [2.75, 3.05) is 0 Å². The van der Waals surface area contributed by atoms with Gasteiger partial charge in [0.25, 0.3) is 0 Å². The molecular weight excluding hydrogens is 227 g/mol. The van der Waals surface area contributed by atoms with Crippen LogP contribution in [-0.2, 0) is 4.79 Å². The molecule has 3 heteroatoms. The van der Waals surface area contributed by atoms with Gasteiger partial charge in [-0.3, -0.25) is 4.79 Å². The Hall–Kier alpha value is 0.180. The first kappa shape index (κ1) is 11.2. The van der Waals surface area contributed by atoms with Crippen molar-refractivity contribution in [3.8, 4) is 0 Å². The Bertz CT molecular complexity index is 175. The largest absolute Gasteiger partial charge is 0.295 e. The van der Waals surface area contributed by atoms with E-state index in [2.05, 4.69) is 15.9 Å². The van der Waals surface area contributed by atoms with Gasteiger partial charge in [0.15, 0.2) is 5.78 Å². The molecule has 0 bridgehead atoms. The van der Waals surface area contributed by atoms with Crippen LogP contribution in [0, 0.1) is 0 Å². The van der Waals surface area contributed by atoms with E-state index in [0.717, 1.165) is 0 Å². The molecule has 0 aliphatic carbocycles. The molecule has 0 fully saturated rings. The molecule has 0 aromatic rings. The number of hydrogen-bond acceptors (Lipinski definition) is 1. The summed E-state index contributed by atoms with van der Waals surface area (Å²) in [5.41, 5.74) is 0. The normalized spacial score (nSPS) is 13.4. The van der Waals surface area contributed by atoms with Gasteiger partial charge < -0.3 is 0 Å². The summed E-state index contributed by atoms with van der Waals surface area (Å²) in [6.45, 7) is 5.59. The number of rotatable bonds is 3. The number of alkyl halides is 1. The average Bonchev–Trinajstić information content (AvgIpc) is 1.53. The molecule has 64 valence electrons. The van der Waals surface area contributed by atoms with Gasteiger partial charge in [0, 0.05) is 15.8 Å². The quantitative estimate of drug-likeness (QED) is 0.546. The van der Waals surface area contributed by atoms with E-state index in [1.54, 1.807) is 6.92 Å². The number of ketones is 1. The number of carbonyl (C=O) groups excluding carboxylic acids is 1. The third-order valence-corrected chi connectivity index (χ3v) is 1.34. The van der Waals surface area contributed by atoms with Crippen molar-refractivity contribution in [2.24, 2.45) is 0 Å². The second-order valence-electron chi connectivity index (χ2n) is 3.09. The van der Waals surface area contributed by atoms with E-state index in [1.165, 1.54) is 6.08 Å². The van der Waals surface area contributed by atoms with E-state index in [4.69, 9.17) is 11.6 Å². The van der Waals surface area contributed by atoms with Crippen LogP contribution in [0.5, 0.6) is 0 Å². The molecule has 0 unspecified atom stereocenters. The van der Waals surface area contributed by atoms with E-state index in [0.29, 0.717) is 11.5 Å². The molecule has 1 nitrogen and oxygen atoms in total. The molecule has 0 aromatic carbocycles. The van der Waals surface area contributed by atoms with Crippen LogP contribution < -0.4 is 0 Å². The fourth-order valence-corrected chi connectivity index (χ4v) is 1.09. The van der Waals surface area contributed by atoms with Crippen LogP contribution in [0.3, 0.4) is 0 Å². The van der Waals surface area contributed by atoms with Gasteiger partial charge in [0.05, 0.1) is 0 Å². The average molecular weight is 240 g/mol. The summed E-state index contributed by atoms with van der Waals surface area (Å²) in [5.74, 6) is 0.0550. The predicted octanol–water partition coefficient (Wildman–Crippen LogP) is 3.26. The Balaban J connectivity index is 4.00. The van der Waals surface area contributed by atoms with Gasteiger partial charge in [-0.2, -0.15) is 0 Å². The minimum atomic E-state index is -0.132. The zero-order chi connectivity index (χ0) is 9.07. The zero-order valence-electron chi connectivity index (χ0n) is 6.95. The second-order valence-corrected chi connectivity index (χ2v) is 5.84. The molecule has 0 radical (unpaired) electrons. The highest BCUT2D eigenvalue weighted by Crippen LogP contribution is 2.21. The molecule has 0 aromatic heterocycles. The standard InChI is InChI=1S/C8H12BrClO/c1-6(10)4-7(11)5-8(2,3)9/h4H,5H2,1-3H3/b6-4-. The second kappa shape index (κ2) is 4.27. The smallest absolute Gasteiger partial charge is 0.158 e. The maximum Gasteiger partial charge on any atom is 0.158 e. The SMILES string of the molecule is C/C(Cl)=C/C(=O)CC(C)(C)Br. The van der Waals surface area contributed by atoms with Gasteiger partial charge in [-0.25, -0.2) is 0 Å². The van der Waals surface area contributed by atoms with Crippen LogP contribution in [0.1, 0.15) is 27.2 Å². The Morgan fingerprint density at radius 3 is 2.36 bits per heavy atom. The van der Waals surface area contributed by atoms with E-state index < -0.39 is 0 Å². The summed E-state index contributed by atoms with van der Waals surface area (Å²) in [6, 6.07) is 0. The lowest BCUT2D eigenvalue weighted by molar-refractivity contribution is -0.114. The van der Waals surface area contributed by atoms with Crippen molar-refractivity contribution in [2.45, 2.75) is 31.5 Å². The summed E-state index contributed by atoms with van der Waals surface area (Å²) in [5, 5.41) is 0.534. The third kappa shape index (κ3) is 8.08. The van der Waals surface area contributed by atoms with E-state index >= 15 is 0 Å². The van der Waals surface area contributed by atoms with Crippen LogP contribution in [0.2, 0.25) is 0 Å².